The molecule has 1 heterocycles. The summed E-state index contributed by atoms with van der Waals surface area (Å²) >= 11 is 0. The van der Waals surface area contributed by atoms with Crippen molar-refractivity contribution in [2.24, 2.45) is 0 Å². The summed E-state index contributed by atoms with van der Waals surface area (Å²) < 4.78 is 0. The number of aromatic amines is 1. The van der Waals surface area contributed by atoms with Crippen molar-refractivity contribution in [1.29, 1.82) is 0 Å². The number of quaternary nitrogens is 1. The Hall–Kier alpha value is -1.43. The van der Waals surface area contributed by atoms with Crippen molar-refractivity contribution >= 4 is 16.7 Å². The van der Waals surface area contributed by atoms with Crippen LogP contribution >= 0.6 is 0 Å². The van der Waals surface area contributed by atoms with Gasteiger partial charge >= 0.3 is 0 Å². The molecule has 0 aliphatic carbocycles. The molecule has 0 aliphatic rings. The summed E-state index contributed by atoms with van der Waals surface area (Å²) in [7, 11) is 0. The highest BCUT2D eigenvalue weighted by Crippen LogP contribution is 2.11. The van der Waals surface area contributed by atoms with Crippen molar-refractivity contribution in [3.05, 3.63) is 29.7 Å². The van der Waals surface area contributed by atoms with E-state index < -0.39 is 5.23 Å². The van der Waals surface area contributed by atoms with Gasteiger partial charge in [0.2, 0.25) is 0 Å². The van der Waals surface area contributed by atoms with Gasteiger partial charge in [-0.05, 0) is 6.07 Å². The van der Waals surface area contributed by atoms with Crippen molar-refractivity contribution in [3.8, 4) is 0 Å². The van der Waals surface area contributed by atoms with Crippen LogP contribution in [0.4, 0.5) is 5.69 Å². The van der Waals surface area contributed by atoms with Crippen LogP contribution in [-0.2, 0) is 0 Å². The molecule has 1 unspecified atom stereocenters. The van der Waals surface area contributed by atoms with Crippen LogP contribution in [-0.4, -0.2) is 15.2 Å². The van der Waals surface area contributed by atoms with Gasteiger partial charge in [0.25, 0.3) is 0 Å². The lowest BCUT2D eigenvalue weighted by atomic mass is 10.3. The molecule has 62 valence electrons. The molecule has 12 heavy (non-hydrogen) atoms. The Labute approximate surface area is 67.8 Å². The molecule has 0 aliphatic heterocycles. The third-order valence-corrected chi connectivity index (χ3v) is 1.67. The Morgan fingerprint density at radius 1 is 1.50 bits per heavy atom. The van der Waals surface area contributed by atoms with Crippen LogP contribution in [0.2, 0.25) is 0 Å². The van der Waals surface area contributed by atoms with Crippen LogP contribution in [0.25, 0.3) is 11.0 Å². The van der Waals surface area contributed by atoms with Crippen molar-refractivity contribution in [3.63, 3.8) is 0 Å². The lowest BCUT2D eigenvalue weighted by Gasteiger charge is -2.10. The molecule has 1 aromatic carbocycles. The zero-order valence-corrected chi connectivity index (χ0v) is 6.11. The molecule has 1 aromatic heterocycles. The van der Waals surface area contributed by atoms with Crippen molar-refractivity contribution < 1.29 is 10.4 Å². The van der Waals surface area contributed by atoms with E-state index in [1.807, 2.05) is 0 Å². The van der Waals surface area contributed by atoms with E-state index in [0.717, 1.165) is 11.0 Å². The number of rotatable bonds is 1. The normalized spacial score (nSPS) is 13.5. The maximum Gasteiger partial charge on any atom is 0.166 e. The maximum absolute atomic E-state index is 10.5. The van der Waals surface area contributed by atoms with Gasteiger partial charge in [0.1, 0.15) is 0 Å². The topological polar surface area (TPSA) is 76.4 Å². The summed E-state index contributed by atoms with van der Waals surface area (Å²) in [6, 6.07) is 4.77. The highest BCUT2D eigenvalue weighted by Gasteiger charge is 2.01. The first-order valence-corrected chi connectivity index (χ1v) is 3.44. The maximum atomic E-state index is 10.5. The molecule has 3 N–H and O–H groups in total. The molecular formula is C7H7N3O2. The lowest BCUT2D eigenvalue weighted by Crippen LogP contribution is -2.99. The van der Waals surface area contributed by atoms with E-state index in [2.05, 4.69) is 9.97 Å². The van der Waals surface area contributed by atoms with Crippen LogP contribution in [0.3, 0.4) is 0 Å². The van der Waals surface area contributed by atoms with Gasteiger partial charge < -0.3 is 10.2 Å². The quantitative estimate of drug-likeness (QED) is 0.519. The van der Waals surface area contributed by atoms with Gasteiger partial charge in [-0.1, -0.05) is 0 Å². The Balaban J connectivity index is 2.60. The van der Waals surface area contributed by atoms with E-state index in [9.17, 15) is 5.21 Å². The Morgan fingerprint density at radius 2 is 2.33 bits per heavy atom. The van der Waals surface area contributed by atoms with Gasteiger partial charge in [-0.15, -0.1) is 0 Å². The number of nitrogens with zero attached hydrogens (tertiary/aromatic N) is 1. The number of H-pyrrole nitrogens is 1. The molecule has 2 rings (SSSR count). The summed E-state index contributed by atoms with van der Waals surface area (Å²) in [6.45, 7) is 0. The van der Waals surface area contributed by atoms with Crippen molar-refractivity contribution in [2.45, 2.75) is 0 Å². The largest absolute Gasteiger partial charge is 0.595 e. The minimum absolute atomic E-state index is 0.270. The molecule has 0 amide bonds. The van der Waals surface area contributed by atoms with E-state index in [1.54, 1.807) is 12.1 Å². The van der Waals surface area contributed by atoms with Gasteiger partial charge in [-0.2, -0.15) is 5.23 Å². The molecule has 0 saturated heterocycles. The summed E-state index contributed by atoms with van der Waals surface area (Å²) in [4.78, 5) is 6.81. The average molecular weight is 165 g/mol. The molecule has 1 atom stereocenters. The Morgan fingerprint density at radius 3 is 3.08 bits per heavy atom. The summed E-state index contributed by atoms with van der Waals surface area (Å²) in [5.41, 5.74) is 1.79. The number of hydrogen-bond donors (Lipinski definition) is 3. The smallest absolute Gasteiger partial charge is 0.166 e. The van der Waals surface area contributed by atoms with E-state index in [1.165, 1.54) is 12.4 Å². The zero-order chi connectivity index (χ0) is 8.55. The molecule has 2 aromatic rings. The fraction of sp³-hybridized carbons (Fsp3) is 0. The fourth-order valence-electron chi connectivity index (χ4n) is 1.07. The first-order chi connectivity index (χ1) is 5.77. The molecular weight excluding hydrogens is 158 g/mol. The molecule has 0 spiro atoms. The van der Waals surface area contributed by atoms with Crippen LogP contribution in [0, 0.1) is 5.21 Å². The summed E-state index contributed by atoms with van der Waals surface area (Å²) in [6.07, 6.45) is 1.54. The second kappa shape index (κ2) is 2.56. The standard InChI is InChI=1S/C7H7N3O2/c11-10(12)5-1-2-6-7(3-5)9-4-8-6/h1-4,10-11H,(H,8,9). The second-order valence-corrected chi connectivity index (χ2v) is 2.44. The highest BCUT2D eigenvalue weighted by molar-refractivity contribution is 5.76. The summed E-state index contributed by atoms with van der Waals surface area (Å²) in [5, 5.41) is 18.3. The van der Waals surface area contributed by atoms with Gasteiger partial charge in [0, 0.05) is 12.1 Å². The predicted octanol–water partition coefficient (Wildman–Crippen LogP) is -0.0337. The number of aromatic nitrogens is 2. The van der Waals surface area contributed by atoms with Gasteiger partial charge in [0.05, 0.1) is 17.4 Å². The number of nitrogens with one attached hydrogen (secondary N) is 2. The second-order valence-electron chi connectivity index (χ2n) is 2.44. The molecule has 0 radical (unpaired) electrons. The third kappa shape index (κ3) is 1.06. The van der Waals surface area contributed by atoms with Crippen molar-refractivity contribution in [2.75, 3.05) is 0 Å². The van der Waals surface area contributed by atoms with Gasteiger partial charge in [-0.25, -0.2) is 10.2 Å². The van der Waals surface area contributed by atoms with E-state index >= 15 is 0 Å². The van der Waals surface area contributed by atoms with Gasteiger partial charge in [-0.3, -0.25) is 0 Å². The zero-order valence-electron chi connectivity index (χ0n) is 6.11. The average Bonchev–Trinajstić information content (AvgIpc) is 2.49. The number of hydrogen-bond acceptors (Lipinski definition) is 3. The number of benzene rings is 1. The molecule has 0 bridgehead atoms. The third-order valence-electron chi connectivity index (χ3n) is 1.67. The Bertz CT molecular complexity index is 396. The molecule has 0 saturated carbocycles. The minimum atomic E-state index is -0.925. The van der Waals surface area contributed by atoms with Crippen LogP contribution in [0.15, 0.2) is 24.5 Å². The monoisotopic (exact) mass is 165 g/mol. The first kappa shape index (κ1) is 7.23. The first-order valence-electron chi connectivity index (χ1n) is 3.44. The van der Waals surface area contributed by atoms with Crippen LogP contribution < -0.4 is 5.23 Å². The van der Waals surface area contributed by atoms with E-state index in [-0.39, 0.29) is 5.69 Å². The number of imidazole rings is 1. The predicted molar refractivity (Wildman–Crippen MR) is 41.9 cm³/mol. The van der Waals surface area contributed by atoms with Crippen LogP contribution in [0.1, 0.15) is 0 Å². The summed E-state index contributed by atoms with van der Waals surface area (Å²) in [5.74, 6) is 0. The minimum Gasteiger partial charge on any atom is -0.595 e. The van der Waals surface area contributed by atoms with Crippen molar-refractivity contribution in [1.82, 2.24) is 9.97 Å². The Kier molecular flexibility index (Phi) is 1.54. The fourth-order valence-corrected chi connectivity index (χ4v) is 1.07. The highest BCUT2D eigenvalue weighted by atomic mass is 16.8. The molecule has 5 nitrogen and oxygen atoms in total. The number of fused-ring (bicyclic) bond motifs is 1. The molecule has 0 fully saturated rings. The van der Waals surface area contributed by atoms with Crippen LogP contribution in [0.5, 0.6) is 0 Å². The van der Waals surface area contributed by atoms with E-state index in [0.29, 0.717) is 0 Å². The van der Waals surface area contributed by atoms with E-state index in [4.69, 9.17) is 5.21 Å². The SMILES string of the molecule is [O-][NH+](O)c1ccc2nc[nH]c2c1. The lowest BCUT2D eigenvalue weighted by molar-refractivity contribution is -0.991. The van der Waals surface area contributed by atoms with Gasteiger partial charge in [0.15, 0.2) is 5.69 Å². The molecule has 5 heteroatoms.